The molecule has 6 atom stereocenters. The smallest absolute Gasteiger partial charge is 0.497 e. The zero-order valence-electron chi connectivity index (χ0n) is 75.0. The van der Waals surface area contributed by atoms with Crippen molar-refractivity contribution in [3.05, 3.63) is 298 Å². The van der Waals surface area contributed by atoms with Crippen LogP contribution in [0.25, 0.3) is 0 Å². The highest BCUT2D eigenvalue weighted by atomic mass is 16.7. The van der Waals surface area contributed by atoms with E-state index in [2.05, 4.69) is 86.1 Å². The average molecular weight is 1730 g/mol. The number of aliphatic imine (C=N–C) groups is 2. The van der Waals surface area contributed by atoms with Gasteiger partial charge in [-0.3, -0.25) is 0 Å². The van der Waals surface area contributed by atoms with E-state index in [4.69, 9.17) is 68.3 Å². The number of benzene rings is 10. The standard InChI is InChI=1S/C102H120N8O17/c1-69-15-35-85(36-16-69)122-63-93(65-124-91-51-31-77(32-52-91)101(9,10)75-27-47-88(48-28-75)120-61-81(113)57-109(95(105)107-67-103)55-79(111)59-118-86-43-23-73(24-44-86)99(5,6)71-19-37-83(116-13)38-20-71)126-97(115)127-94(64-123-90-41-17-70(18-42-90)98(2,3)4)66-125-92-53-33-78(34-54-92)102(11,12)76-29-49-89(50-30-76)121-62-82(114)58-110(96(106)108-68-104)56-80(112)60-119-87-45-25-74(26-46-87)100(7,8)72-21-39-84(117-14)40-22-72/h15-54,79-82,93-94,111-114H,55-66H2,1-14H3,(H2,105,107)(H2,106,108). The van der Waals surface area contributed by atoms with Crippen LogP contribution in [0.1, 0.15) is 132 Å². The number of ether oxygens (including phenoxy) is 12. The van der Waals surface area contributed by atoms with Gasteiger partial charge >= 0.3 is 6.16 Å². The van der Waals surface area contributed by atoms with E-state index in [9.17, 15) is 35.7 Å². The molecule has 0 heterocycles. The molecule has 10 rings (SSSR count). The monoisotopic (exact) mass is 1730 g/mol. The second-order valence-corrected chi connectivity index (χ2v) is 34.5. The predicted molar refractivity (Wildman–Crippen MR) is 490 cm³/mol. The topological polar surface area (TPSA) is 340 Å². The fourth-order valence-corrected chi connectivity index (χ4v) is 14.2. The van der Waals surface area contributed by atoms with Gasteiger partial charge in [0.25, 0.3) is 0 Å². The number of carbonyl (C=O) groups is 1. The van der Waals surface area contributed by atoms with Gasteiger partial charge in [0, 0.05) is 21.7 Å². The molecule has 0 spiro atoms. The number of nitrogens with two attached hydrogens (primary N) is 2. The van der Waals surface area contributed by atoms with Crippen LogP contribution < -0.4 is 58.8 Å². The highest BCUT2D eigenvalue weighted by molar-refractivity contribution is 5.79. The van der Waals surface area contributed by atoms with E-state index in [1.54, 1.807) is 26.6 Å². The fraction of sp³-hybridized carbons (Fsp3) is 0.363. The minimum atomic E-state index is -1.10. The zero-order chi connectivity index (χ0) is 91.5. The number of hydrogen-bond donors (Lipinski definition) is 6. The Labute approximate surface area is 746 Å². The van der Waals surface area contributed by atoms with Crippen LogP contribution in [0.5, 0.6) is 57.5 Å². The van der Waals surface area contributed by atoms with Crippen LogP contribution in [-0.4, -0.2) is 178 Å². The first kappa shape index (κ1) is 96.0. The van der Waals surface area contributed by atoms with Crippen molar-refractivity contribution in [3.8, 4) is 69.9 Å². The molecular formula is C102H120N8O17. The summed E-state index contributed by atoms with van der Waals surface area (Å²) in [6.07, 6.45) is -3.88. The molecule has 8 N–H and O–H groups in total. The molecule has 0 aliphatic heterocycles. The Balaban J connectivity index is 0.708. The van der Waals surface area contributed by atoms with Crippen LogP contribution in [-0.2, 0) is 36.5 Å². The van der Waals surface area contributed by atoms with Gasteiger partial charge < -0.3 is 98.5 Å². The van der Waals surface area contributed by atoms with Gasteiger partial charge in [0.2, 0.25) is 24.3 Å². The van der Waals surface area contributed by atoms with Crippen molar-refractivity contribution >= 4 is 18.1 Å². The second-order valence-electron chi connectivity index (χ2n) is 34.5. The van der Waals surface area contributed by atoms with E-state index in [0.717, 1.165) is 67.1 Å². The molecule has 670 valence electrons. The SMILES string of the molecule is COc1ccc(C(C)(C)c2ccc(OCC(O)CN(CC(O)COc3ccc(C(C)(C)c4ccc(OCC(COc5ccc(C)cc5)OC(=O)OC(COc5ccc(C(C)(C)C)cc5)COc5ccc(C(C)(C)c6ccc(OCC(O)CN(CC(O)COc7ccc(C(C)(C)c8ccc(OC)cc8)cc7)C(N)=NC#N)cc6)cc5)cc4)cc3)C(N)=NC#N)cc2)cc1. The fourth-order valence-electron chi connectivity index (χ4n) is 14.2. The third-order valence-corrected chi connectivity index (χ3v) is 22.6. The minimum absolute atomic E-state index is 0.0770. The molecule has 0 radical (unpaired) electrons. The largest absolute Gasteiger partial charge is 0.509 e. The molecule has 0 aromatic heterocycles. The number of nitriles is 2. The van der Waals surface area contributed by atoms with Crippen molar-refractivity contribution < 1.29 is 82.1 Å². The molecule has 25 nitrogen and oxygen atoms in total. The summed E-state index contributed by atoms with van der Waals surface area (Å²) in [4.78, 5) is 24.3. The molecule has 0 saturated carbocycles. The van der Waals surface area contributed by atoms with Crippen molar-refractivity contribution in [1.82, 2.24) is 9.80 Å². The van der Waals surface area contributed by atoms with Gasteiger partial charge in [-0.25, -0.2) is 4.79 Å². The van der Waals surface area contributed by atoms with Crippen LogP contribution in [0.2, 0.25) is 0 Å². The van der Waals surface area contributed by atoms with E-state index in [1.165, 1.54) is 9.80 Å². The summed E-state index contributed by atoms with van der Waals surface area (Å²) >= 11 is 0. The van der Waals surface area contributed by atoms with Gasteiger partial charge in [-0.15, -0.1) is 9.98 Å². The number of rotatable bonds is 44. The van der Waals surface area contributed by atoms with E-state index >= 15 is 0 Å². The molecule has 10 aromatic rings. The van der Waals surface area contributed by atoms with Gasteiger partial charge in [-0.1, -0.05) is 203 Å². The molecular weight excluding hydrogens is 1610 g/mol. The first-order valence-corrected chi connectivity index (χ1v) is 42.3. The molecule has 0 aliphatic rings. The molecule has 0 saturated heterocycles. The Kier molecular flexibility index (Phi) is 33.7. The summed E-state index contributed by atoms with van der Waals surface area (Å²) in [6, 6.07) is 77.0. The number of aliphatic hydroxyl groups excluding tert-OH is 4. The Morgan fingerprint density at radius 2 is 0.496 bits per heavy atom. The van der Waals surface area contributed by atoms with E-state index < -0.39 is 53.6 Å². The first-order valence-electron chi connectivity index (χ1n) is 42.3. The average Bonchev–Trinajstić information content (AvgIpc) is 0.814. The number of guanidine groups is 2. The Hall–Kier alpha value is -13.2. The zero-order valence-corrected chi connectivity index (χ0v) is 75.0. The minimum Gasteiger partial charge on any atom is -0.497 e. The van der Waals surface area contributed by atoms with Crippen LogP contribution in [0, 0.1) is 29.8 Å². The van der Waals surface area contributed by atoms with Crippen molar-refractivity contribution in [2.24, 2.45) is 21.5 Å². The number of aliphatic hydroxyl groups is 4. The molecule has 127 heavy (non-hydrogen) atoms. The lowest BCUT2D eigenvalue weighted by Gasteiger charge is -2.28. The summed E-state index contributed by atoms with van der Waals surface area (Å²) < 4.78 is 71.9. The molecule has 0 bridgehead atoms. The van der Waals surface area contributed by atoms with E-state index in [1.807, 2.05) is 250 Å². The molecule has 10 aromatic carbocycles. The second kappa shape index (κ2) is 44.6. The number of carbonyl (C=O) groups excluding carboxylic acids is 1. The molecule has 0 aliphatic carbocycles. The molecule has 25 heteroatoms. The first-order chi connectivity index (χ1) is 60.6. The number of hydrogen-bond acceptors (Lipinski definition) is 21. The summed E-state index contributed by atoms with van der Waals surface area (Å²) in [5.41, 5.74) is 21.1. The van der Waals surface area contributed by atoms with Crippen LogP contribution in [0.4, 0.5) is 4.79 Å². The summed E-state index contributed by atoms with van der Waals surface area (Å²) in [5.74, 6) is 5.48. The van der Waals surface area contributed by atoms with Crippen molar-refractivity contribution in [3.63, 3.8) is 0 Å². The maximum Gasteiger partial charge on any atom is 0.509 e. The van der Waals surface area contributed by atoms with Gasteiger partial charge in [-0.2, -0.15) is 10.5 Å². The molecule has 0 amide bonds. The van der Waals surface area contributed by atoms with Crippen LogP contribution in [0.3, 0.4) is 0 Å². The van der Waals surface area contributed by atoms with Gasteiger partial charge in [0.15, 0.2) is 12.2 Å². The number of methoxy groups -OCH3 is 2. The molecule has 0 fully saturated rings. The Morgan fingerprint density at radius 3 is 0.685 bits per heavy atom. The lowest BCUT2D eigenvalue weighted by molar-refractivity contribution is -0.0436. The Bertz CT molecular complexity index is 5230. The van der Waals surface area contributed by atoms with Crippen molar-refractivity contribution in [2.45, 2.75) is 147 Å². The lowest BCUT2D eigenvalue weighted by Crippen LogP contribution is -2.47. The highest BCUT2D eigenvalue weighted by Crippen LogP contribution is 2.39. The van der Waals surface area contributed by atoms with Crippen LogP contribution >= 0.6 is 0 Å². The third-order valence-electron chi connectivity index (χ3n) is 22.6. The normalized spacial score (nSPS) is 13.5. The maximum atomic E-state index is 14.1. The lowest BCUT2D eigenvalue weighted by atomic mass is 9.78. The van der Waals surface area contributed by atoms with Crippen molar-refractivity contribution in [2.75, 3.05) is 93.3 Å². The third kappa shape index (κ3) is 27.9. The summed E-state index contributed by atoms with van der Waals surface area (Å²) in [6.45, 7) is 24.1. The predicted octanol–water partition coefficient (Wildman–Crippen LogP) is 15.7. The summed E-state index contributed by atoms with van der Waals surface area (Å²) in [5, 5.41) is 63.3. The number of aryl methyl sites for hydroxylation is 1. The number of nitrogens with zero attached hydrogens (tertiary/aromatic N) is 6. The van der Waals surface area contributed by atoms with Gasteiger partial charge in [0.1, 0.15) is 135 Å². The van der Waals surface area contributed by atoms with E-state index in [0.29, 0.717) is 46.0 Å². The summed E-state index contributed by atoms with van der Waals surface area (Å²) in [7, 11) is 3.28. The van der Waals surface area contributed by atoms with Crippen LogP contribution in [0.15, 0.2) is 253 Å². The van der Waals surface area contributed by atoms with E-state index in [-0.39, 0.29) is 107 Å². The van der Waals surface area contributed by atoms with Gasteiger partial charge in [0.05, 0.1) is 40.4 Å². The molecule has 6 unspecified atom stereocenters. The maximum absolute atomic E-state index is 14.1. The Morgan fingerprint density at radius 1 is 0.315 bits per heavy atom. The van der Waals surface area contributed by atoms with Crippen molar-refractivity contribution in [1.29, 1.82) is 10.5 Å². The quantitative estimate of drug-likeness (QED) is 0.00894. The highest BCUT2D eigenvalue weighted by Gasteiger charge is 2.31. The van der Waals surface area contributed by atoms with Gasteiger partial charge in [-0.05, 0) is 184 Å².